The number of fused-ring (bicyclic) bond motifs is 1. The molecule has 1 aromatic carbocycles. The molecule has 0 radical (unpaired) electrons. The molecular formula is C10H10N2S2. The zero-order chi connectivity index (χ0) is 9.38. The van der Waals surface area contributed by atoms with E-state index in [9.17, 15) is 0 Å². The van der Waals surface area contributed by atoms with Gasteiger partial charge in [0, 0.05) is 11.5 Å². The zero-order valence-corrected chi connectivity index (χ0v) is 9.22. The van der Waals surface area contributed by atoms with Gasteiger partial charge in [-0.05, 0) is 12.1 Å². The van der Waals surface area contributed by atoms with Crippen molar-refractivity contribution in [1.29, 1.82) is 0 Å². The van der Waals surface area contributed by atoms with Gasteiger partial charge in [0.2, 0.25) is 0 Å². The fourth-order valence-electron chi connectivity index (χ4n) is 1.65. The summed E-state index contributed by atoms with van der Waals surface area (Å²) in [6.45, 7) is 0. The Morgan fingerprint density at radius 3 is 2.86 bits per heavy atom. The van der Waals surface area contributed by atoms with Crippen LogP contribution in [0.25, 0.3) is 11.0 Å². The Morgan fingerprint density at radius 2 is 2.00 bits per heavy atom. The highest BCUT2D eigenvalue weighted by atomic mass is 32.2. The maximum Gasteiger partial charge on any atom is 0.127 e. The lowest BCUT2D eigenvalue weighted by molar-refractivity contribution is 0.908. The average Bonchev–Trinajstić information content (AvgIpc) is 2.85. The lowest BCUT2D eigenvalue weighted by atomic mass is 10.3. The van der Waals surface area contributed by atoms with Crippen molar-refractivity contribution in [2.75, 3.05) is 11.5 Å². The summed E-state index contributed by atoms with van der Waals surface area (Å²) in [6.07, 6.45) is 1.96. The van der Waals surface area contributed by atoms with Crippen molar-refractivity contribution in [3.05, 3.63) is 30.6 Å². The number of thioether (sulfide) groups is 2. The standard InChI is InChI=1S/C10H10N2S2/c1-2-4-9-8(3-1)11-7-12(9)10-13-5-6-14-10/h1-4,7,10H,5-6H2. The topological polar surface area (TPSA) is 17.8 Å². The van der Waals surface area contributed by atoms with Gasteiger partial charge in [-0.25, -0.2) is 4.98 Å². The van der Waals surface area contributed by atoms with Crippen LogP contribution in [0.4, 0.5) is 0 Å². The van der Waals surface area contributed by atoms with Crippen molar-refractivity contribution in [3.63, 3.8) is 0 Å². The highest BCUT2D eigenvalue weighted by Crippen LogP contribution is 2.42. The van der Waals surface area contributed by atoms with Gasteiger partial charge in [0.1, 0.15) is 4.71 Å². The van der Waals surface area contributed by atoms with Crippen LogP contribution in [0, 0.1) is 0 Å². The molecule has 1 aliphatic rings. The molecular weight excluding hydrogens is 212 g/mol. The van der Waals surface area contributed by atoms with Gasteiger partial charge in [0.25, 0.3) is 0 Å². The predicted octanol–water partition coefficient (Wildman–Crippen LogP) is 2.97. The van der Waals surface area contributed by atoms with Crippen LogP contribution in [0.15, 0.2) is 30.6 Å². The first-order valence-electron chi connectivity index (χ1n) is 4.60. The van der Waals surface area contributed by atoms with Crippen LogP contribution in [-0.2, 0) is 0 Å². The summed E-state index contributed by atoms with van der Waals surface area (Å²) in [5.41, 5.74) is 2.35. The van der Waals surface area contributed by atoms with E-state index in [0.29, 0.717) is 4.71 Å². The zero-order valence-electron chi connectivity index (χ0n) is 7.59. The van der Waals surface area contributed by atoms with Gasteiger partial charge in [-0.15, -0.1) is 23.5 Å². The largest absolute Gasteiger partial charge is 0.309 e. The fraction of sp³-hybridized carbons (Fsp3) is 0.300. The van der Waals surface area contributed by atoms with E-state index >= 15 is 0 Å². The number of hydrogen-bond acceptors (Lipinski definition) is 3. The Hall–Kier alpha value is -0.610. The number of para-hydroxylation sites is 2. The number of nitrogens with zero attached hydrogens (tertiary/aromatic N) is 2. The SMILES string of the molecule is c1ccc2c(c1)ncn2C1SCCS1. The summed E-state index contributed by atoms with van der Waals surface area (Å²) < 4.78 is 2.81. The van der Waals surface area contributed by atoms with Crippen LogP contribution < -0.4 is 0 Å². The monoisotopic (exact) mass is 222 g/mol. The first-order valence-corrected chi connectivity index (χ1v) is 6.70. The Bertz CT molecular complexity index is 446. The molecule has 2 heterocycles. The highest BCUT2D eigenvalue weighted by molar-refractivity contribution is 8.19. The Morgan fingerprint density at radius 1 is 1.21 bits per heavy atom. The third-order valence-corrected chi connectivity index (χ3v) is 5.29. The van der Waals surface area contributed by atoms with Gasteiger partial charge in [0.05, 0.1) is 17.4 Å². The third-order valence-electron chi connectivity index (χ3n) is 2.31. The molecule has 2 nitrogen and oxygen atoms in total. The third kappa shape index (κ3) is 1.33. The van der Waals surface area contributed by atoms with E-state index in [1.807, 2.05) is 35.9 Å². The number of aromatic nitrogens is 2. The van der Waals surface area contributed by atoms with Gasteiger partial charge in [0.15, 0.2) is 0 Å². The molecule has 0 amide bonds. The summed E-state index contributed by atoms with van der Waals surface area (Å²) in [5.74, 6) is 2.50. The second kappa shape index (κ2) is 3.51. The minimum absolute atomic E-state index is 0.530. The Labute approximate surface area is 91.1 Å². The Kier molecular flexibility index (Phi) is 2.18. The van der Waals surface area contributed by atoms with E-state index < -0.39 is 0 Å². The summed E-state index contributed by atoms with van der Waals surface area (Å²) in [6, 6.07) is 8.32. The molecule has 4 heteroatoms. The first kappa shape index (κ1) is 8.68. The smallest absolute Gasteiger partial charge is 0.127 e. The number of hydrogen-bond donors (Lipinski definition) is 0. The van der Waals surface area contributed by atoms with E-state index in [1.54, 1.807) is 0 Å². The maximum atomic E-state index is 4.40. The lowest BCUT2D eigenvalue weighted by Gasteiger charge is -2.10. The van der Waals surface area contributed by atoms with Crippen LogP contribution in [0.3, 0.4) is 0 Å². The van der Waals surface area contributed by atoms with Crippen molar-refractivity contribution in [1.82, 2.24) is 9.55 Å². The molecule has 0 N–H and O–H groups in total. The van der Waals surface area contributed by atoms with Crippen molar-refractivity contribution in [2.45, 2.75) is 4.71 Å². The van der Waals surface area contributed by atoms with Crippen LogP contribution in [0.1, 0.15) is 4.71 Å². The predicted molar refractivity (Wildman–Crippen MR) is 63.7 cm³/mol. The van der Waals surface area contributed by atoms with Crippen molar-refractivity contribution in [2.24, 2.45) is 0 Å². The van der Waals surface area contributed by atoms with Gasteiger partial charge in [-0.3, -0.25) is 0 Å². The molecule has 0 saturated carbocycles. The average molecular weight is 222 g/mol. The van der Waals surface area contributed by atoms with Gasteiger partial charge in [-0.2, -0.15) is 0 Å². The molecule has 3 rings (SSSR count). The second-order valence-corrected chi connectivity index (χ2v) is 5.86. The molecule has 0 unspecified atom stereocenters. The molecule has 72 valence electrons. The minimum atomic E-state index is 0.530. The van der Waals surface area contributed by atoms with Crippen molar-refractivity contribution in [3.8, 4) is 0 Å². The summed E-state index contributed by atoms with van der Waals surface area (Å²) >= 11 is 4.00. The molecule has 1 aliphatic heterocycles. The van der Waals surface area contributed by atoms with Gasteiger partial charge >= 0.3 is 0 Å². The molecule has 1 fully saturated rings. The number of imidazole rings is 1. The molecule has 1 saturated heterocycles. The normalized spacial score (nSPS) is 18.0. The molecule has 0 spiro atoms. The van der Waals surface area contributed by atoms with Crippen LogP contribution in [0.2, 0.25) is 0 Å². The molecule has 0 aliphatic carbocycles. The van der Waals surface area contributed by atoms with Crippen molar-refractivity contribution >= 4 is 34.6 Å². The van der Waals surface area contributed by atoms with E-state index in [-0.39, 0.29) is 0 Å². The quantitative estimate of drug-likeness (QED) is 0.738. The van der Waals surface area contributed by atoms with Crippen LogP contribution in [-0.4, -0.2) is 21.1 Å². The van der Waals surface area contributed by atoms with Gasteiger partial charge < -0.3 is 4.57 Å². The van der Waals surface area contributed by atoms with E-state index in [4.69, 9.17) is 0 Å². The molecule has 0 bridgehead atoms. The Balaban J connectivity index is 2.11. The highest BCUT2D eigenvalue weighted by Gasteiger charge is 2.19. The van der Waals surface area contributed by atoms with E-state index in [0.717, 1.165) is 5.52 Å². The van der Waals surface area contributed by atoms with Crippen LogP contribution in [0.5, 0.6) is 0 Å². The summed E-state index contributed by atoms with van der Waals surface area (Å²) in [4.78, 5) is 4.40. The number of rotatable bonds is 1. The van der Waals surface area contributed by atoms with Crippen LogP contribution >= 0.6 is 23.5 Å². The van der Waals surface area contributed by atoms with Crippen molar-refractivity contribution < 1.29 is 0 Å². The fourth-order valence-corrected chi connectivity index (χ4v) is 4.45. The minimum Gasteiger partial charge on any atom is -0.309 e. The molecule has 14 heavy (non-hydrogen) atoms. The van der Waals surface area contributed by atoms with Gasteiger partial charge in [-0.1, -0.05) is 12.1 Å². The summed E-state index contributed by atoms with van der Waals surface area (Å²) in [7, 11) is 0. The van der Waals surface area contributed by atoms with E-state index in [1.165, 1.54) is 17.0 Å². The lowest BCUT2D eigenvalue weighted by Crippen LogP contribution is -1.95. The second-order valence-electron chi connectivity index (χ2n) is 3.19. The molecule has 0 atom stereocenters. The number of benzene rings is 1. The molecule has 1 aromatic heterocycles. The summed E-state index contributed by atoms with van der Waals surface area (Å²) in [5, 5.41) is 0. The van der Waals surface area contributed by atoms with E-state index in [2.05, 4.69) is 27.8 Å². The first-order chi connectivity index (χ1) is 6.95. The maximum absolute atomic E-state index is 4.40. The molecule has 2 aromatic rings.